The Morgan fingerprint density at radius 2 is 2.35 bits per heavy atom. The predicted molar refractivity (Wildman–Crippen MR) is 72.6 cm³/mol. The predicted octanol–water partition coefficient (Wildman–Crippen LogP) is 2.81. The number of hydrogen-bond donors (Lipinski definition) is 1. The van der Waals surface area contributed by atoms with E-state index in [1.54, 1.807) is 4.88 Å². The highest BCUT2D eigenvalue weighted by Gasteiger charge is 2.21. The average Bonchev–Trinajstić information content (AvgIpc) is 2.71. The zero-order valence-electron chi connectivity index (χ0n) is 10.7. The lowest BCUT2D eigenvalue weighted by molar-refractivity contribution is 0.375. The molecule has 2 unspecified atom stereocenters. The molecule has 2 heterocycles. The van der Waals surface area contributed by atoms with E-state index in [1.165, 1.54) is 62.3 Å². The van der Waals surface area contributed by atoms with E-state index < -0.39 is 0 Å². The van der Waals surface area contributed by atoms with Crippen molar-refractivity contribution in [2.45, 2.75) is 45.4 Å². The van der Waals surface area contributed by atoms with E-state index in [0.717, 1.165) is 11.8 Å². The Bertz CT molecular complexity index is 380. The summed E-state index contributed by atoms with van der Waals surface area (Å²) in [5.74, 6) is 1.70. The van der Waals surface area contributed by atoms with Crippen molar-refractivity contribution in [3.63, 3.8) is 0 Å². The van der Waals surface area contributed by atoms with Crippen LogP contribution in [0.25, 0.3) is 0 Å². The summed E-state index contributed by atoms with van der Waals surface area (Å²) in [6.45, 7) is 4.77. The Labute approximate surface area is 108 Å². The summed E-state index contributed by atoms with van der Waals surface area (Å²) >= 11 is 1.99. The van der Waals surface area contributed by atoms with Gasteiger partial charge in [0.05, 0.1) is 10.7 Å². The van der Waals surface area contributed by atoms with Gasteiger partial charge in [-0.15, -0.1) is 11.3 Å². The lowest BCUT2D eigenvalue weighted by Crippen LogP contribution is -2.30. The molecule has 0 spiro atoms. The summed E-state index contributed by atoms with van der Waals surface area (Å²) in [6.07, 6.45) is 7.76. The van der Waals surface area contributed by atoms with Gasteiger partial charge in [-0.2, -0.15) is 0 Å². The van der Waals surface area contributed by atoms with Crippen LogP contribution < -0.4 is 5.32 Å². The van der Waals surface area contributed by atoms with Crippen LogP contribution in [0.2, 0.25) is 0 Å². The Balaban J connectivity index is 1.67. The van der Waals surface area contributed by atoms with Gasteiger partial charge in [0.1, 0.15) is 0 Å². The number of rotatable bonds is 2. The van der Waals surface area contributed by atoms with Gasteiger partial charge in [0.15, 0.2) is 0 Å². The molecule has 1 fully saturated rings. The van der Waals surface area contributed by atoms with Gasteiger partial charge in [0.2, 0.25) is 0 Å². The summed E-state index contributed by atoms with van der Waals surface area (Å²) in [6, 6.07) is 0. The van der Waals surface area contributed by atoms with Crippen molar-refractivity contribution in [3.8, 4) is 0 Å². The first kappa shape index (κ1) is 11.7. The first-order valence-electron chi connectivity index (χ1n) is 6.99. The zero-order valence-corrected chi connectivity index (χ0v) is 11.5. The number of thiazole rings is 1. The molecule has 1 saturated heterocycles. The van der Waals surface area contributed by atoms with E-state index in [4.69, 9.17) is 4.98 Å². The Morgan fingerprint density at radius 1 is 1.41 bits per heavy atom. The van der Waals surface area contributed by atoms with Gasteiger partial charge in [0, 0.05) is 11.3 Å². The van der Waals surface area contributed by atoms with Gasteiger partial charge in [-0.25, -0.2) is 4.98 Å². The number of nitrogens with zero attached hydrogens (tertiary/aromatic N) is 1. The van der Waals surface area contributed by atoms with E-state index in [0.29, 0.717) is 0 Å². The second-order valence-corrected chi connectivity index (χ2v) is 6.91. The summed E-state index contributed by atoms with van der Waals surface area (Å²) in [7, 11) is 0. The Hall–Kier alpha value is -0.410. The zero-order chi connectivity index (χ0) is 11.7. The van der Waals surface area contributed by atoms with Gasteiger partial charge in [0.25, 0.3) is 0 Å². The monoisotopic (exact) mass is 250 g/mol. The third-order valence-corrected chi connectivity index (χ3v) is 5.23. The summed E-state index contributed by atoms with van der Waals surface area (Å²) < 4.78 is 0. The van der Waals surface area contributed by atoms with Gasteiger partial charge in [-0.1, -0.05) is 6.92 Å². The van der Waals surface area contributed by atoms with Crippen LogP contribution in [-0.2, 0) is 19.3 Å². The van der Waals surface area contributed by atoms with Crippen molar-refractivity contribution in [2.24, 2.45) is 11.8 Å². The lowest BCUT2D eigenvalue weighted by atomic mass is 9.93. The maximum absolute atomic E-state index is 4.87. The lowest BCUT2D eigenvalue weighted by Gasteiger charge is -2.21. The van der Waals surface area contributed by atoms with E-state index >= 15 is 0 Å². The van der Waals surface area contributed by atoms with Gasteiger partial charge >= 0.3 is 0 Å². The highest BCUT2D eigenvalue weighted by atomic mass is 32.1. The number of hydrogen-bond acceptors (Lipinski definition) is 3. The van der Waals surface area contributed by atoms with Crippen LogP contribution in [0.5, 0.6) is 0 Å². The average molecular weight is 250 g/mol. The normalized spacial score (nSPS) is 29.0. The topological polar surface area (TPSA) is 24.9 Å². The molecule has 2 aliphatic rings. The van der Waals surface area contributed by atoms with E-state index in [1.807, 2.05) is 11.3 Å². The van der Waals surface area contributed by atoms with E-state index in [2.05, 4.69) is 12.2 Å². The molecule has 1 aromatic heterocycles. The van der Waals surface area contributed by atoms with Crippen LogP contribution >= 0.6 is 11.3 Å². The smallest absolute Gasteiger partial charge is 0.0934 e. The van der Waals surface area contributed by atoms with Crippen LogP contribution in [0.1, 0.15) is 41.8 Å². The molecule has 94 valence electrons. The third kappa shape index (κ3) is 2.71. The van der Waals surface area contributed by atoms with Crippen LogP contribution in [0.4, 0.5) is 0 Å². The van der Waals surface area contributed by atoms with Crippen molar-refractivity contribution in [1.29, 1.82) is 0 Å². The van der Waals surface area contributed by atoms with E-state index in [9.17, 15) is 0 Å². The molecule has 0 radical (unpaired) electrons. The van der Waals surface area contributed by atoms with Crippen LogP contribution in [-0.4, -0.2) is 18.1 Å². The summed E-state index contributed by atoms with van der Waals surface area (Å²) in [4.78, 5) is 6.46. The fraction of sp³-hybridized carbons (Fsp3) is 0.786. The molecule has 2 atom stereocenters. The molecule has 2 nitrogen and oxygen atoms in total. The number of piperidine rings is 1. The minimum Gasteiger partial charge on any atom is -0.316 e. The van der Waals surface area contributed by atoms with Gasteiger partial charge in [-0.3, -0.25) is 0 Å². The van der Waals surface area contributed by atoms with Crippen molar-refractivity contribution in [1.82, 2.24) is 10.3 Å². The summed E-state index contributed by atoms with van der Waals surface area (Å²) in [5, 5.41) is 4.90. The number of aryl methyl sites for hydroxylation is 1. The Kier molecular flexibility index (Phi) is 3.48. The second kappa shape index (κ2) is 5.07. The molecule has 17 heavy (non-hydrogen) atoms. The number of aromatic nitrogens is 1. The molecule has 0 amide bonds. The molecule has 0 aromatic carbocycles. The molecular formula is C14H22N2S. The summed E-state index contributed by atoms with van der Waals surface area (Å²) in [5.41, 5.74) is 1.42. The fourth-order valence-electron chi connectivity index (χ4n) is 3.03. The molecular weight excluding hydrogens is 228 g/mol. The van der Waals surface area contributed by atoms with Crippen molar-refractivity contribution in [3.05, 3.63) is 15.6 Å². The molecule has 1 aliphatic carbocycles. The van der Waals surface area contributed by atoms with E-state index in [-0.39, 0.29) is 0 Å². The molecule has 0 saturated carbocycles. The van der Waals surface area contributed by atoms with Crippen LogP contribution in [0.15, 0.2) is 0 Å². The molecule has 3 rings (SSSR count). The van der Waals surface area contributed by atoms with Crippen LogP contribution in [0.3, 0.4) is 0 Å². The SMILES string of the molecule is CC1CCc2nc(CC3CCCNC3)sc2C1. The largest absolute Gasteiger partial charge is 0.316 e. The second-order valence-electron chi connectivity index (χ2n) is 5.74. The van der Waals surface area contributed by atoms with Crippen molar-refractivity contribution >= 4 is 11.3 Å². The number of fused-ring (bicyclic) bond motifs is 1. The quantitative estimate of drug-likeness (QED) is 0.873. The van der Waals surface area contributed by atoms with Crippen molar-refractivity contribution in [2.75, 3.05) is 13.1 Å². The molecule has 1 aromatic rings. The van der Waals surface area contributed by atoms with Crippen molar-refractivity contribution < 1.29 is 0 Å². The fourth-order valence-corrected chi connectivity index (χ4v) is 4.42. The minimum atomic E-state index is 0.828. The number of nitrogens with one attached hydrogen (secondary N) is 1. The highest BCUT2D eigenvalue weighted by molar-refractivity contribution is 7.11. The van der Waals surface area contributed by atoms with Gasteiger partial charge in [-0.05, 0) is 57.0 Å². The van der Waals surface area contributed by atoms with Crippen LogP contribution in [0, 0.1) is 11.8 Å². The third-order valence-electron chi connectivity index (χ3n) is 4.09. The molecule has 0 bridgehead atoms. The maximum atomic E-state index is 4.87. The minimum absolute atomic E-state index is 0.828. The standard InChI is InChI=1S/C14H22N2S/c1-10-4-5-12-13(7-10)17-14(16-12)8-11-3-2-6-15-9-11/h10-11,15H,2-9H2,1H3. The molecule has 1 aliphatic heterocycles. The highest BCUT2D eigenvalue weighted by Crippen LogP contribution is 2.31. The molecule has 3 heteroatoms. The van der Waals surface area contributed by atoms with Gasteiger partial charge < -0.3 is 5.32 Å². The Morgan fingerprint density at radius 3 is 3.18 bits per heavy atom. The first-order valence-corrected chi connectivity index (χ1v) is 7.81. The first-order chi connectivity index (χ1) is 8.31. The maximum Gasteiger partial charge on any atom is 0.0934 e. The molecule has 1 N–H and O–H groups in total.